The highest BCUT2D eigenvalue weighted by Crippen LogP contribution is 2.19. The molecule has 10 heteroatoms. The number of rotatable bonds is 9. The highest BCUT2D eigenvalue weighted by atomic mass is 19.1. The number of benzene rings is 2. The number of nitrogens with one attached hydrogen (secondary N) is 2. The van der Waals surface area contributed by atoms with E-state index >= 15 is 0 Å². The van der Waals surface area contributed by atoms with E-state index in [1.54, 1.807) is 37.4 Å². The van der Waals surface area contributed by atoms with E-state index in [1.807, 2.05) is 0 Å². The zero-order valence-electron chi connectivity index (χ0n) is 16.1. The Hall–Kier alpha value is -3.95. The summed E-state index contributed by atoms with van der Waals surface area (Å²) in [7, 11) is 1.56. The molecule has 2 amide bonds. The van der Waals surface area contributed by atoms with E-state index in [0.29, 0.717) is 11.5 Å². The molecule has 0 aliphatic rings. The Labute approximate surface area is 171 Å². The molecule has 0 unspecified atom stereocenters. The van der Waals surface area contributed by atoms with Gasteiger partial charge < -0.3 is 24.6 Å². The molecule has 30 heavy (non-hydrogen) atoms. The molecule has 0 aliphatic carbocycles. The number of nitrogens with zero attached hydrogens (tertiary/aromatic N) is 2. The van der Waals surface area contributed by atoms with Gasteiger partial charge in [-0.05, 0) is 36.4 Å². The molecule has 0 saturated heterocycles. The first kappa shape index (κ1) is 20.8. The number of halogens is 1. The van der Waals surface area contributed by atoms with Crippen LogP contribution in [0.15, 0.2) is 53.1 Å². The van der Waals surface area contributed by atoms with Gasteiger partial charge in [-0.25, -0.2) is 4.39 Å². The Kier molecular flexibility index (Phi) is 6.93. The highest BCUT2D eigenvalue weighted by molar-refractivity contribution is 5.89. The summed E-state index contributed by atoms with van der Waals surface area (Å²) < 4.78 is 29.0. The van der Waals surface area contributed by atoms with Crippen molar-refractivity contribution in [2.24, 2.45) is 0 Å². The van der Waals surface area contributed by atoms with Crippen molar-refractivity contribution in [2.75, 3.05) is 26.8 Å². The van der Waals surface area contributed by atoms with Crippen molar-refractivity contribution in [3.05, 3.63) is 60.2 Å². The largest absolute Gasteiger partial charge is 0.497 e. The van der Waals surface area contributed by atoms with Crippen LogP contribution in [-0.4, -0.2) is 48.8 Å². The minimum atomic E-state index is -0.631. The Morgan fingerprint density at radius 2 is 1.73 bits per heavy atom. The minimum Gasteiger partial charge on any atom is -0.497 e. The van der Waals surface area contributed by atoms with Crippen LogP contribution in [0.25, 0.3) is 11.4 Å². The molecule has 0 radical (unpaired) electrons. The van der Waals surface area contributed by atoms with Gasteiger partial charge in [0.1, 0.15) is 17.3 Å². The van der Waals surface area contributed by atoms with Crippen LogP contribution in [0.4, 0.5) is 4.39 Å². The zero-order chi connectivity index (χ0) is 21.3. The lowest BCUT2D eigenvalue weighted by Gasteiger charge is -2.08. The Morgan fingerprint density at radius 1 is 1.03 bits per heavy atom. The molecule has 0 bridgehead atoms. The summed E-state index contributed by atoms with van der Waals surface area (Å²) >= 11 is 0. The van der Waals surface area contributed by atoms with Crippen molar-refractivity contribution in [1.29, 1.82) is 0 Å². The van der Waals surface area contributed by atoms with Crippen molar-refractivity contribution >= 4 is 11.8 Å². The fourth-order valence-electron chi connectivity index (χ4n) is 2.39. The van der Waals surface area contributed by atoms with Gasteiger partial charge in [0, 0.05) is 13.1 Å². The van der Waals surface area contributed by atoms with Gasteiger partial charge in [-0.1, -0.05) is 17.3 Å². The van der Waals surface area contributed by atoms with Crippen LogP contribution < -0.4 is 20.1 Å². The molecule has 0 saturated carbocycles. The van der Waals surface area contributed by atoms with E-state index in [1.165, 1.54) is 18.2 Å². The smallest absolute Gasteiger partial charge is 0.316 e. The maximum absolute atomic E-state index is 13.7. The third kappa shape index (κ3) is 5.53. The molecular weight excluding hydrogens is 395 g/mol. The molecular formula is C20H19FN4O5. The quantitative estimate of drug-likeness (QED) is 0.513. The first-order chi connectivity index (χ1) is 14.6. The second kappa shape index (κ2) is 10.0. The summed E-state index contributed by atoms with van der Waals surface area (Å²) in [4.78, 5) is 27.7. The lowest BCUT2D eigenvalue weighted by atomic mass is 10.2. The number of aromatic nitrogens is 2. The lowest BCUT2D eigenvalue weighted by molar-refractivity contribution is -0.123. The predicted octanol–water partition coefficient (Wildman–Crippen LogP) is 1.81. The minimum absolute atomic E-state index is 0.0257. The average molecular weight is 414 g/mol. The summed E-state index contributed by atoms with van der Waals surface area (Å²) in [6.07, 6.45) is 0. The summed E-state index contributed by atoms with van der Waals surface area (Å²) in [6, 6.07) is 12.7. The van der Waals surface area contributed by atoms with Crippen molar-refractivity contribution in [1.82, 2.24) is 20.8 Å². The van der Waals surface area contributed by atoms with Crippen LogP contribution >= 0.6 is 0 Å². The summed E-state index contributed by atoms with van der Waals surface area (Å²) in [6.45, 7) is 0.130. The lowest BCUT2D eigenvalue weighted by Crippen LogP contribution is -2.36. The van der Waals surface area contributed by atoms with Gasteiger partial charge in [-0.15, -0.1) is 0 Å². The van der Waals surface area contributed by atoms with E-state index < -0.39 is 11.7 Å². The monoisotopic (exact) mass is 414 g/mol. The van der Waals surface area contributed by atoms with Gasteiger partial charge in [0.15, 0.2) is 6.61 Å². The zero-order valence-corrected chi connectivity index (χ0v) is 16.1. The third-order valence-electron chi connectivity index (χ3n) is 3.90. The van der Waals surface area contributed by atoms with Gasteiger partial charge in [0.2, 0.25) is 5.82 Å². The van der Waals surface area contributed by atoms with E-state index in [2.05, 4.69) is 20.8 Å². The van der Waals surface area contributed by atoms with Crippen LogP contribution in [0.1, 0.15) is 10.7 Å². The fraction of sp³-hybridized carbons (Fsp3) is 0.200. The summed E-state index contributed by atoms with van der Waals surface area (Å²) in [5.74, 6) is -0.617. The second-order valence-corrected chi connectivity index (χ2v) is 5.97. The molecule has 3 aromatic rings. The third-order valence-corrected chi connectivity index (χ3v) is 3.90. The first-order valence-corrected chi connectivity index (χ1v) is 8.97. The van der Waals surface area contributed by atoms with Crippen LogP contribution in [0.2, 0.25) is 0 Å². The Bertz CT molecular complexity index is 1010. The maximum atomic E-state index is 13.7. The van der Waals surface area contributed by atoms with E-state index in [4.69, 9.17) is 14.0 Å². The van der Waals surface area contributed by atoms with Gasteiger partial charge >= 0.3 is 11.8 Å². The van der Waals surface area contributed by atoms with E-state index in [-0.39, 0.29) is 42.9 Å². The van der Waals surface area contributed by atoms with Crippen molar-refractivity contribution < 1.29 is 28.0 Å². The topological polar surface area (TPSA) is 116 Å². The first-order valence-electron chi connectivity index (χ1n) is 8.97. The number of carbonyl (C=O) groups excluding carboxylic acids is 2. The SMILES string of the molecule is COc1ccc(OCC(=O)NCCNC(=O)c2nc(-c3ccccc3F)no2)cc1. The number of amides is 2. The molecule has 156 valence electrons. The molecule has 2 N–H and O–H groups in total. The Balaban J connectivity index is 1.38. The molecule has 0 spiro atoms. The molecule has 1 aromatic heterocycles. The fourth-order valence-corrected chi connectivity index (χ4v) is 2.39. The standard InChI is InChI=1S/C20H19FN4O5/c1-28-13-6-8-14(9-7-13)29-12-17(26)22-10-11-23-19(27)20-24-18(25-30-20)15-4-2-3-5-16(15)21/h2-9H,10-12H2,1H3,(H,22,26)(H,23,27). The molecule has 1 heterocycles. The highest BCUT2D eigenvalue weighted by Gasteiger charge is 2.17. The normalized spacial score (nSPS) is 10.3. The van der Waals surface area contributed by atoms with Crippen molar-refractivity contribution in [2.45, 2.75) is 0 Å². The van der Waals surface area contributed by atoms with E-state index in [9.17, 15) is 14.0 Å². The number of methoxy groups -OCH3 is 1. The van der Waals surface area contributed by atoms with Gasteiger partial charge in [0.05, 0.1) is 12.7 Å². The van der Waals surface area contributed by atoms with Crippen LogP contribution in [0.5, 0.6) is 11.5 Å². The Morgan fingerprint density at radius 3 is 2.47 bits per heavy atom. The average Bonchev–Trinajstić information content (AvgIpc) is 3.26. The number of ether oxygens (including phenoxy) is 2. The number of carbonyl (C=O) groups is 2. The van der Waals surface area contributed by atoms with Crippen LogP contribution in [-0.2, 0) is 4.79 Å². The molecule has 0 fully saturated rings. The van der Waals surface area contributed by atoms with Crippen molar-refractivity contribution in [3.63, 3.8) is 0 Å². The maximum Gasteiger partial charge on any atom is 0.316 e. The number of hydrogen-bond acceptors (Lipinski definition) is 7. The summed E-state index contributed by atoms with van der Waals surface area (Å²) in [5.41, 5.74) is 0.129. The van der Waals surface area contributed by atoms with Gasteiger partial charge in [-0.2, -0.15) is 4.98 Å². The van der Waals surface area contributed by atoms with E-state index in [0.717, 1.165) is 0 Å². The molecule has 0 atom stereocenters. The molecule has 0 aliphatic heterocycles. The van der Waals surface area contributed by atoms with Crippen molar-refractivity contribution in [3.8, 4) is 22.9 Å². The second-order valence-electron chi connectivity index (χ2n) is 5.97. The summed E-state index contributed by atoms with van der Waals surface area (Å²) in [5, 5.41) is 8.73. The van der Waals surface area contributed by atoms with Crippen LogP contribution in [0.3, 0.4) is 0 Å². The molecule has 9 nitrogen and oxygen atoms in total. The van der Waals surface area contributed by atoms with Crippen LogP contribution in [0, 0.1) is 5.82 Å². The molecule has 3 rings (SSSR count). The molecule has 2 aromatic carbocycles. The number of hydrogen-bond donors (Lipinski definition) is 2. The van der Waals surface area contributed by atoms with Gasteiger partial charge in [-0.3, -0.25) is 9.59 Å². The van der Waals surface area contributed by atoms with Gasteiger partial charge in [0.25, 0.3) is 5.91 Å². The predicted molar refractivity (Wildman–Crippen MR) is 104 cm³/mol.